The summed E-state index contributed by atoms with van der Waals surface area (Å²) in [7, 11) is 3.37. The van der Waals surface area contributed by atoms with Gasteiger partial charge in [0.15, 0.2) is 11.0 Å². The van der Waals surface area contributed by atoms with Gasteiger partial charge in [-0.1, -0.05) is 18.7 Å². The number of urea groups is 1. The van der Waals surface area contributed by atoms with E-state index in [9.17, 15) is 14.4 Å². The van der Waals surface area contributed by atoms with Crippen LogP contribution in [0.15, 0.2) is 29.4 Å². The highest BCUT2D eigenvalue weighted by molar-refractivity contribution is 7.99. The molecule has 0 radical (unpaired) electrons. The third-order valence-corrected chi connectivity index (χ3v) is 7.23. The molecule has 11 nitrogen and oxygen atoms in total. The molecule has 2 N–H and O–H groups in total. The molecule has 2 aromatic rings. The Kier molecular flexibility index (Phi) is 6.96. The predicted molar refractivity (Wildman–Crippen MR) is 123 cm³/mol. The number of carbonyl (C=O) groups excluding carboxylic acids is 3. The Labute approximate surface area is 201 Å². The lowest BCUT2D eigenvalue weighted by atomic mass is 9.77. The normalized spacial score (nSPS) is 22.1. The van der Waals surface area contributed by atoms with Gasteiger partial charge in [0.1, 0.15) is 23.6 Å². The highest BCUT2D eigenvalue weighted by Gasteiger charge is 2.52. The number of thioether (sulfide) groups is 1. The minimum absolute atomic E-state index is 0.0353. The third-order valence-electron chi connectivity index (χ3n) is 6.21. The fraction of sp³-hybridized carbons (Fsp3) is 0.500. The van der Waals surface area contributed by atoms with E-state index in [0.29, 0.717) is 35.5 Å². The summed E-state index contributed by atoms with van der Waals surface area (Å²) >= 11 is 1.15. The zero-order valence-corrected chi connectivity index (χ0v) is 20.2. The molecule has 1 aliphatic carbocycles. The molecule has 34 heavy (non-hydrogen) atoms. The summed E-state index contributed by atoms with van der Waals surface area (Å²) in [5.74, 6) is 1.60. The molecule has 1 saturated carbocycles. The van der Waals surface area contributed by atoms with E-state index in [4.69, 9.17) is 9.47 Å². The summed E-state index contributed by atoms with van der Waals surface area (Å²) in [6.45, 7) is 2.33. The van der Waals surface area contributed by atoms with Gasteiger partial charge in [0.2, 0.25) is 5.91 Å². The topological polar surface area (TPSA) is 128 Å². The molecule has 1 aromatic carbocycles. The van der Waals surface area contributed by atoms with Crippen LogP contribution in [0.1, 0.15) is 38.4 Å². The molecule has 4 rings (SSSR count). The lowest BCUT2D eigenvalue weighted by molar-refractivity contribution is -0.139. The Morgan fingerprint density at radius 3 is 2.56 bits per heavy atom. The highest BCUT2D eigenvalue weighted by atomic mass is 32.2. The van der Waals surface area contributed by atoms with Gasteiger partial charge in [-0.05, 0) is 55.9 Å². The number of carbonyl (C=O) groups is 3. The number of hydrogen-bond acceptors (Lipinski definition) is 8. The molecule has 1 aromatic heterocycles. The molecular weight excluding hydrogens is 460 g/mol. The van der Waals surface area contributed by atoms with Gasteiger partial charge in [0.25, 0.3) is 5.91 Å². The summed E-state index contributed by atoms with van der Waals surface area (Å²) in [5.41, 5.74) is 1.54. The van der Waals surface area contributed by atoms with E-state index in [1.807, 2.05) is 0 Å². The van der Waals surface area contributed by atoms with Crippen molar-refractivity contribution in [1.82, 2.24) is 30.5 Å². The van der Waals surface area contributed by atoms with E-state index in [2.05, 4.69) is 27.9 Å². The smallest absolute Gasteiger partial charge is 0.344 e. The van der Waals surface area contributed by atoms with Crippen LogP contribution in [0.25, 0.3) is 0 Å². The molecule has 1 saturated heterocycles. The quantitative estimate of drug-likeness (QED) is 0.427. The second-order valence-electron chi connectivity index (χ2n) is 8.58. The second-order valence-corrected chi connectivity index (χ2v) is 9.52. The van der Waals surface area contributed by atoms with Crippen molar-refractivity contribution < 1.29 is 23.9 Å². The Morgan fingerprint density at radius 1 is 1.21 bits per heavy atom. The first-order chi connectivity index (χ1) is 16.3. The van der Waals surface area contributed by atoms with Crippen molar-refractivity contribution in [3.8, 4) is 11.5 Å². The Morgan fingerprint density at radius 2 is 1.88 bits per heavy atom. The molecule has 0 bridgehead atoms. The van der Waals surface area contributed by atoms with Crippen LogP contribution in [0.5, 0.6) is 11.5 Å². The van der Waals surface area contributed by atoms with E-state index in [1.165, 1.54) is 0 Å². The minimum atomic E-state index is -0.896. The number of rotatable bonds is 8. The molecule has 12 heteroatoms. The summed E-state index contributed by atoms with van der Waals surface area (Å²) in [6.07, 6.45) is 2.89. The molecule has 0 unspecified atom stereocenters. The van der Waals surface area contributed by atoms with Crippen LogP contribution in [-0.4, -0.2) is 56.0 Å². The Hall–Kier alpha value is -3.28. The number of nitrogens with one attached hydrogen (secondary N) is 2. The minimum Gasteiger partial charge on any atom is -0.497 e. The van der Waals surface area contributed by atoms with Gasteiger partial charge in [-0.25, -0.2) is 4.79 Å². The fourth-order valence-electron chi connectivity index (χ4n) is 4.02. The monoisotopic (exact) mass is 488 g/mol. The van der Waals surface area contributed by atoms with Crippen LogP contribution in [0.3, 0.4) is 0 Å². The highest BCUT2D eigenvalue weighted by Crippen LogP contribution is 2.35. The molecule has 1 spiro atoms. The van der Waals surface area contributed by atoms with Crippen molar-refractivity contribution in [2.75, 3.05) is 12.9 Å². The average Bonchev–Trinajstić information content (AvgIpc) is 3.30. The van der Waals surface area contributed by atoms with Gasteiger partial charge in [-0.3, -0.25) is 15.0 Å². The number of hydrazine groups is 1. The number of ether oxygens (including phenoxy) is 2. The van der Waals surface area contributed by atoms with Gasteiger partial charge in [-0.15, -0.1) is 10.2 Å². The van der Waals surface area contributed by atoms with E-state index in [0.717, 1.165) is 35.4 Å². The third kappa shape index (κ3) is 4.96. The van der Waals surface area contributed by atoms with E-state index in [-0.39, 0.29) is 18.3 Å². The maximum absolute atomic E-state index is 12.9. The molecule has 2 aliphatic rings. The molecule has 0 atom stereocenters. The summed E-state index contributed by atoms with van der Waals surface area (Å²) in [6, 6.07) is 6.60. The zero-order valence-electron chi connectivity index (χ0n) is 19.4. The molecular formula is C22H28N6O5S. The van der Waals surface area contributed by atoms with Crippen LogP contribution in [-0.2, 0) is 23.2 Å². The SMILES string of the molecule is COc1ccc(OCc2nnc(SCC(=O)NN3C(=O)NC4(CCC(C)CC4)C3=O)n2C)cc1. The largest absolute Gasteiger partial charge is 0.497 e. The van der Waals surface area contributed by atoms with Crippen LogP contribution in [0, 0.1) is 5.92 Å². The Balaban J connectivity index is 1.28. The number of hydrogen-bond donors (Lipinski definition) is 2. The first-order valence-corrected chi connectivity index (χ1v) is 12.0. The maximum atomic E-state index is 12.9. The van der Waals surface area contributed by atoms with Gasteiger partial charge in [-0.2, -0.15) is 5.01 Å². The van der Waals surface area contributed by atoms with Crippen molar-refractivity contribution in [3.05, 3.63) is 30.1 Å². The lowest BCUT2D eigenvalue weighted by Crippen LogP contribution is -2.51. The molecule has 2 heterocycles. The lowest BCUT2D eigenvalue weighted by Gasteiger charge is -2.33. The van der Waals surface area contributed by atoms with Crippen molar-refractivity contribution in [3.63, 3.8) is 0 Å². The van der Waals surface area contributed by atoms with Crippen LogP contribution in [0.2, 0.25) is 0 Å². The maximum Gasteiger partial charge on any atom is 0.344 e. The van der Waals surface area contributed by atoms with Crippen LogP contribution in [0.4, 0.5) is 4.79 Å². The summed E-state index contributed by atoms with van der Waals surface area (Å²) in [4.78, 5) is 37.7. The second kappa shape index (κ2) is 9.92. The Bertz CT molecular complexity index is 1060. The number of methoxy groups -OCH3 is 1. The number of amides is 4. The van der Waals surface area contributed by atoms with E-state index >= 15 is 0 Å². The molecule has 4 amide bonds. The summed E-state index contributed by atoms with van der Waals surface area (Å²) < 4.78 is 12.6. The molecule has 182 valence electrons. The van der Waals surface area contributed by atoms with Crippen LogP contribution < -0.4 is 20.2 Å². The van der Waals surface area contributed by atoms with Gasteiger partial charge >= 0.3 is 6.03 Å². The van der Waals surface area contributed by atoms with Crippen molar-refractivity contribution in [2.24, 2.45) is 13.0 Å². The van der Waals surface area contributed by atoms with Gasteiger partial charge < -0.3 is 19.4 Å². The first kappa shape index (κ1) is 23.9. The van der Waals surface area contributed by atoms with Gasteiger partial charge in [0, 0.05) is 7.05 Å². The number of imide groups is 1. The first-order valence-electron chi connectivity index (χ1n) is 11.1. The fourth-order valence-corrected chi connectivity index (χ4v) is 4.74. The number of nitrogens with zero attached hydrogens (tertiary/aromatic N) is 4. The number of aromatic nitrogens is 3. The van der Waals surface area contributed by atoms with Crippen molar-refractivity contribution in [1.29, 1.82) is 0 Å². The van der Waals surface area contributed by atoms with E-state index < -0.39 is 17.5 Å². The average molecular weight is 489 g/mol. The molecule has 1 aliphatic heterocycles. The predicted octanol–water partition coefficient (Wildman–Crippen LogP) is 2.03. The van der Waals surface area contributed by atoms with Crippen molar-refractivity contribution >= 4 is 29.6 Å². The van der Waals surface area contributed by atoms with Crippen molar-refractivity contribution in [2.45, 2.75) is 49.9 Å². The summed E-state index contributed by atoms with van der Waals surface area (Å²) in [5, 5.41) is 12.3. The molecule has 2 fully saturated rings. The zero-order chi connectivity index (χ0) is 24.3. The number of benzene rings is 1. The van der Waals surface area contributed by atoms with Crippen LogP contribution >= 0.6 is 11.8 Å². The van der Waals surface area contributed by atoms with E-state index in [1.54, 1.807) is 43.0 Å². The standard InChI is InChI=1S/C22H28N6O5S/c1-14-8-10-22(11-9-14)19(30)28(20(31)23-22)26-18(29)13-34-21-25-24-17(27(21)2)12-33-16-6-4-15(32-3)5-7-16/h4-7,14H,8-13H2,1-3H3,(H,23,31)(H,26,29). The van der Waals surface area contributed by atoms with Gasteiger partial charge in [0.05, 0.1) is 12.9 Å².